The van der Waals surface area contributed by atoms with Crippen LogP contribution in [0.25, 0.3) is 10.9 Å². The van der Waals surface area contributed by atoms with Crippen molar-refractivity contribution in [2.75, 3.05) is 5.32 Å². The number of aryl methyl sites for hydroxylation is 2. The van der Waals surface area contributed by atoms with Gasteiger partial charge < -0.3 is 9.88 Å². The maximum absolute atomic E-state index is 12.1. The van der Waals surface area contributed by atoms with Crippen LogP contribution in [0.15, 0.2) is 36.8 Å². The zero-order valence-corrected chi connectivity index (χ0v) is 12.1. The minimum Gasteiger partial charge on any atom is -0.328 e. The van der Waals surface area contributed by atoms with Crippen LogP contribution in [0.5, 0.6) is 0 Å². The van der Waals surface area contributed by atoms with E-state index >= 15 is 0 Å². The van der Waals surface area contributed by atoms with Crippen LogP contribution in [-0.2, 0) is 17.9 Å². The quantitative estimate of drug-likeness (QED) is 0.798. The lowest BCUT2D eigenvalue weighted by molar-refractivity contribution is -0.116. The molecule has 0 aliphatic heterocycles. The standard InChI is InChI=1S/C15H17N5O/c1-3-20-13-7-5-4-6-12(13)15(18-20)17-14(21)9-19-8-11(2)16-10-19/h4-8,10H,3,9H2,1-2H3,(H,17,18,21). The van der Waals surface area contributed by atoms with Crippen molar-refractivity contribution in [2.45, 2.75) is 26.9 Å². The number of amides is 1. The van der Waals surface area contributed by atoms with Crippen LogP contribution < -0.4 is 5.32 Å². The number of nitrogens with zero attached hydrogens (tertiary/aromatic N) is 4. The fourth-order valence-corrected chi connectivity index (χ4v) is 2.36. The predicted molar refractivity (Wildman–Crippen MR) is 81.0 cm³/mol. The van der Waals surface area contributed by atoms with E-state index in [1.54, 1.807) is 10.9 Å². The number of carbonyl (C=O) groups is 1. The zero-order chi connectivity index (χ0) is 14.8. The Kier molecular flexibility index (Phi) is 3.43. The van der Waals surface area contributed by atoms with Gasteiger partial charge in [0.05, 0.1) is 17.5 Å². The van der Waals surface area contributed by atoms with Crippen molar-refractivity contribution in [2.24, 2.45) is 0 Å². The van der Waals surface area contributed by atoms with Gasteiger partial charge in [0.2, 0.25) is 5.91 Å². The second-order valence-corrected chi connectivity index (χ2v) is 4.92. The van der Waals surface area contributed by atoms with E-state index in [1.165, 1.54) is 0 Å². The highest BCUT2D eigenvalue weighted by atomic mass is 16.2. The molecule has 21 heavy (non-hydrogen) atoms. The van der Waals surface area contributed by atoms with Gasteiger partial charge in [0.1, 0.15) is 6.54 Å². The highest BCUT2D eigenvalue weighted by molar-refractivity contribution is 5.99. The maximum Gasteiger partial charge on any atom is 0.245 e. The van der Waals surface area contributed by atoms with Crippen molar-refractivity contribution in [3.63, 3.8) is 0 Å². The van der Waals surface area contributed by atoms with Gasteiger partial charge in [0, 0.05) is 18.1 Å². The Hall–Kier alpha value is -2.63. The normalized spacial score (nSPS) is 11.0. The molecule has 1 amide bonds. The molecule has 0 saturated carbocycles. The summed E-state index contributed by atoms with van der Waals surface area (Å²) < 4.78 is 3.63. The van der Waals surface area contributed by atoms with Crippen molar-refractivity contribution in [3.05, 3.63) is 42.5 Å². The van der Waals surface area contributed by atoms with E-state index in [0.29, 0.717) is 5.82 Å². The van der Waals surface area contributed by atoms with E-state index in [4.69, 9.17) is 0 Å². The monoisotopic (exact) mass is 283 g/mol. The Morgan fingerprint density at radius 3 is 2.86 bits per heavy atom. The molecule has 0 aliphatic carbocycles. The van der Waals surface area contributed by atoms with Crippen LogP contribution in [0.2, 0.25) is 0 Å². The number of aromatic nitrogens is 4. The molecule has 0 fully saturated rings. The molecular formula is C15H17N5O. The van der Waals surface area contributed by atoms with E-state index in [-0.39, 0.29) is 12.5 Å². The van der Waals surface area contributed by atoms with Gasteiger partial charge in [-0.25, -0.2) is 4.98 Å². The van der Waals surface area contributed by atoms with E-state index in [9.17, 15) is 4.79 Å². The van der Waals surface area contributed by atoms with E-state index in [0.717, 1.165) is 23.1 Å². The average Bonchev–Trinajstić information content (AvgIpc) is 3.03. The lowest BCUT2D eigenvalue weighted by Gasteiger charge is -2.03. The summed E-state index contributed by atoms with van der Waals surface area (Å²) in [5.74, 6) is 0.494. The van der Waals surface area contributed by atoms with Gasteiger partial charge in [-0.3, -0.25) is 9.48 Å². The van der Waals surface area contributed by atoms with E-state index < -0.39 is 0 Å². The van der Waals surface area contributed by atoms with Crippen LogP contribution in [0, 0.1) is 6.92 Å². The Morgan fingerprint density at radius 1 is 1.33 bits per heavy atom. The summed E-state index contributed by atoms with van der Waals surface area (Å²) in [7, 11) is 0. The van der Waals surface area contributed by atoms with Crippen LogP contribution in [-0.4, -0.2) is 25.2 Å². The summed E-state index contributed by atoms with van der Waals surface area (Å²) >= 11 is 0. The van der Waals surface area contributed by atoms with Gasteiger partial charge in [-0.15, -0.1) is 0 Å². The zero-order valence-electron chi connectivity index (χ0n) is 12.1. The highest BCUT2D eigenvalue weighted by Crippen LogP contribution is 2.22. The molecule has 2 heterocycles. The summed E-state index contributed by atoms with van der Waals surface area (Å²) in [5.41, 5.74) is 1.91. The lowest BCUT2D eigenvalue weighted by Crippen LogP contribution is -2.18. The van der Waals surface area contributed by atoms with Crippen molar-refractivity contribution in [1.29, 1.82) is 0 Å². The fourth-order valence-electron chi connectivity index (χ4n) is 2.36. The molecular weight excluding hydrogens is 266 g/mol. The van der Waals surface area contributed by atoms with Gasteiger partial charge in [0.25, 0.3) is 0 Å². The third kappa shape index (κ3) is 2.65. The van der Waals surface area contributed by atoms with Gasteiger partial charge in [-0.05, 0) is 26.0 Å². The second-order valence-electron chi connectivity index (χ2n) is 4.92. The summed E-state index contributed by atoms with van der Waals surface area (Å²) in [6, 6.07) is 7.88. The molecule has 6 heteroatoms. The Bertz CT molecular complexity index is 786. The fraction of sp³-hybridized carbons (Fsp3) is 0.267. The van der Waals surface area contributed by atoms with Crippen molar-refractivity contribution in [3.8, 4) is 0 Å². The molecule has 0 saturated heterocycles. The Balaban J connectivity index is 1.83. The molecule has 3 aromatic rings. The summed E-state index contributed by atoms with van der Waals surface area (Å²) in [5, 5.41) is 8.29. The first-order chi connectivity index (χ1) is 10.2. The third-order valence-electron chi connectivity index (χ3n) is 3.30. The number of nitrogens with one attached hydrogen (secondary N) is 1. The first-order valence-corrected chi connectivity index (χ1v) is 6.91. The number of benzene rings is 1. The number of para-hydroxylation sites is 1. The van der Waals surface area contributed by atoms with Crippen LogP contribution in [0.1, 0.15) is 12.6 Å². The number of carbonyl (C=O) groups excluding carboxylic acids is 1. The van der Waals surface area contributed by atoms with E-state index in [2.05, 4.69) is 15.4 Å². The molecule has 6 nitrogen and oxygen atoms in total. The maximum atomic E-state index is 12.1. The molecule has 0 radical (unpaired) electrons. The molecule has 0 bridgehead atoms. The molecule has 3 rings (SSSR count). The van der Waals surface area contributed by atoms with Gasteiger partial charge in [-0.1, -0.05) is 12.1 Å². The summed E-state index contributed by atoms with van der Waals surface area (Å²) in [4.78, 5) is 16.2. The summed E-state index contributed by atoms with van der Waals surface area (Å²) in [6.07, 6.45) is 3.49. The molecule has 108 valence electrons. The van der Waals surface area contributed by atoms with Gasteiger partial charge >= 0.3 is 0 Å². The van der Waals surface area contributed by atoms with Crippen LogP contribution in [0.3, 0.4) is 0 Å². The van der Waals surface area contributed by atoms with E-state index in [1.807, 2.05) is 49.0 Å². The molecule has 2 aromatic heterocycles. The van der Waals surface area contributed by atoms with Gasteiger partial charge in [-0.2, -0.15) is 5.10 Å². The number of imidazole rings is 1. The number of hydrogen-bond donors (Lipinski definition) is 1. The lowest BCUT2D eigenvalue weighted by atomic mass is 10.2. The molecule has 0 unspecified atom stereocenters. The smallest absolute Gasteiger partial charge is 0.245 e. The van der Waals surface area contributed by atoms with Crippen LogP contribution in [0.4, 0.5) is 5.82 Å². The largest absolute Gasteiger partial charge is 0.328 e. The molecule has 0 atom stereocenters. The molecule has 1 N–H and O–H groups in total. The van der Waals surface area contributed by atoms with Crippen molar-refractivity contribution < 1.29 is 4.79 Å². The second kappa shape index (κ2) is 5.40. The first-order valence-electron chi connectivity index (χ1n) is 6.91. The molecule has 0 spiro atoms. The van der Waals surface area contributed by atoms with Crippen LogP contribution >= 0.6 is 0 Å². The number of hydrogen-bond acceptors (Lipinski definition) is 3. The minimum atomic E-state index is -0.112. The molecule has 0 aliphatic rings. The number of anilines is 1. The predicted octanol–water partition coefficient (Wildman–Crippen LogP) is 2.20. The van der Waals surface area contributed by atoms with Crippen molar-refractivity contribution in [1.82, 2.24) is 19.3 Å². The van der Waals surface area contributed by atoms with Crippen molar-refractivity contribution >= 4 is 22.6 Å². The highest BCUT2D eigenvalue weighted by Gasteiger charge is 2.12. The SMILES string of the molecule is CCn1nc(NC(=O)Cn2cnc(C)c2)c2ccccc21. The summed E-state index contributed by atoms with van der Waals surface area (Å²) in [6.45, 7) is 4.91. The minimum absolute atomic E-state index is 0.112. The molecule has 1 aromatic carbocycles. The first kappa shape index (κ1) is 13.4. The number of rotatable bonds is 4. The Morgan fingerprint density at radius 2 is 2.14 bits per heavy atom. The van der Waals surface area contributed by atoms with Gasteiger partial charge in [0.15, 0.2) is 5.82 Å². The number of fused-ring (bicyclic) bond motifs is 1. The third-order valence-corrected chi connectivity index (χ3v) is 3.30. The Labute approximate surface area is 122 Å². The average molecular weight is 283 g/mol. The topological polar surface area (TPSA) is 64.7 Å².